The third kappa shape index (κ3) is 1.53. The summed E-state index contributed by atoms with van der Waals surface area (Å²) in [5.74, 6) is 1.05. The summed E-state index contributed by atoms with van der Waals surface area (Å²) in [4.78, 5) is 13.8. The highest BCUT2D eigenvalue weighted by Crippen LogP contribution is 2.40. The Hall–Kier alpha value is -1.31. The molecule has 84 valence electrons. The average molecular weight is 215 g/mol. The van der Waals surface area contributed by atoms with E-state index in [0.29, 0.717) is 0 Å². The lowest BCUT2D eigenvalue weighted by Gasteiger charge is -2.29. The van der Waals surface area contributed by atoms with Crippen LogP contribution in [-0.4, -0.2) is 18.4 Å². The van der Waals surface area contributed by atoms with Crippen LogP contribution < -0.4 is 4.90 Å². The number of anilines is 1. The number of nitrogens with zero attached hydrogens (tertiary/aromatic N) is 1. The molecule has 16 heavy (non-hydrogen) atoms. The fourth-order valence-corrected chi connectivity index (χ4v) is 3.14. The lowest BCUT2D eigenvalue weighted by Crippen LogP contribution is -2.31. The summed E-state index contributed by atoms with van der Waals surface area (Å²) in [5.41, 5.74) is 2.07. The topological polar surface area (TPSA) is 20.3 Å². The maximum atomic E-state index is 11.4. The standard InChI is InChI=1S/C14H17NO/c1-10(16)12-3-2-4-13(8-12)15-9-11-5-6-14(15)7-11/h2-4,8,11,14H,5-7,9H2,1H3. The molecule has 1 heterocycles. The van der Waals surface area contributed by atoms with Gasteiger partial charge in [-0.1, -0.05) is 12.1 Å². The van der Waals surface area contributed by atoms with Crippen molar-refractivity contribution in [1.29, 1.82) is 0 Å². The van der Waals surface area contributed by atoms with Gasteiger partial charge in [0.2, 0.25) is 0 Å². The maximum Gasteiger partial charge on any atom is 0.159 e. The molecule has 2 heteroatoms. The van der Waals surface area contributed by atoms with E-state index in [1.165, 1.54) is 31.5 Å². The summed E-state index contributed by atoms with van der Waals surface area (Å²) in [5, 5.41) is 0. The van der Waals surface area contributed by atoms with Crippen molar-refractivity contribution >= 4 is 11.5 Å². The Balaban J connectivity index is 1.89. The SMILES string of the molecule is CC(=O)c1cccc(N2CC3CCC2C3)c1. The molecule has 1 aromatic carbocycles. The number of benzene rings is 1. The van der Waals surface area contributed by atoms with E-state index in [1.54, 1.807) is 6.92 Å². The summed E-state index contributed by atoms with van der Waals surface area (Å²) in [6, 6.07) is 8.81. The van der Waals surface area contributed by atoms with Crippen molar-refractivity contribution in [1.82, 2.24) is 0 Å². The van der Waals surface area contributed by atoms with Crippen molar-refractivity contribution in [3.05, 3.63) is 29.8 Å². The molecule has 0 amide bonds. The number of hydrogen-bond donors (Lipinski definition) is 0. The first-order valence-electron chi connectivity index (χ1n) is 6.11. The molecule has 0 radical (unpaired) electrons. The van der Waals surface area contributed by atoms with Gasteiger partial charge >= 0.3 is 0 Å². The average Bonchev–Trinajstić information content (AvgIpc) is 2.91. The first-order valence-corrected chi connectivity index (χ1v) is 6.11. The molecule has 2 aliphatic rings. The molecule has 0 N–H and O–H groups in total. The summed E-state index contributed by atoms with van der Waals surface area (Å²) >= 11 is 0. The molecule has 1 aliphatic carbocycles. The van der Waals surface area contributed by atoms with E-state index in [2.05, 4.69) is 11.0 Å². The Labute approximate surface area is 96.3 Å². The van der Waals surface area contributed by atoms with E-state index in [4.69, 9.17) is 0 Å². The van der Waals surface area contributed by atoms with Gasteiger partial charge in [0.05, 0.1) is 0 Å². The molecule has 2 nitrogen and oxygen atoms in total. The van der Waals surface area contributed by atoms with E-state index in [0.717, 1.165) is 17.5 Å². The molecule has 2 bridgehead atoms. The molecule has 0 spiro atoms. The van der Waals surface area contributed by atoms with E-state index in [1.807, 2.05) is 18.2 Å². The van der Waals surface area contributed by atoms with Crippen LogP contribution in [-0.2, 0) is 0 Å². The van der Waals surface area contributed by atoms with Crippen LogP contribution >= 0.6 is 0 Å². The van der Waals surface area contributed by atoms with Gasteiger partial charge in [0.1, 0.15) is 0 Å². The van der Waals surface area contributed by atoms with Crippen LogP contribution in [0.4, 0.5) is 5.69 Å². The van der Waals surface area contributed by atoms with E-state index < -0.39 is 0 Å². The van der Waals surface area contributed by atoms with Gasteiger partial charge in [-0.05, 0) is 44.2 Å². The Morgan fingerprint density at radius 1 is 1.38 bits per heavy atom. The molecule has 2 unspecified atom stereocenters. The zero-order valence-corrected chi connectivity index (χ0v) is 9.65. The largest absolute Gasteiger partial charge is 0.368 e. The van der Waals surface area contributed by atoms with Gasteiger partial charge in [0.25, 0.3) is 0 Å². The fraction of sp³-hybridized carbons (Fsp3) is 0.500. The van der Waals surface area contributed by atoms with Crippen LogP contribution in [0.2, 0.25) is 0 Å². The van der Waals surface area contributed by atoms with Gasteiger partial charge in [0.15, 0.2) is 5.78 Å². The highest BCUT2D eigenvalue weighted by molar-refractivity contribution is 5.95. The predicted molar refractivity (Wildman–Crippen MR) is 64.9 cm³/mol. The van der Waals surface area contributed by atoms with E-state index >= 15 is 0 Å². The summed E-state index contributed by atoms with van der Waals surface area (Å²) in [6.45, 7) is 2.82. The van der Waals surface area contributed by atoms with Crippen LogP contribution in [0.5, 0.6) is 0 Å². The number of ketones is 1. The minimum atomic E-state index is 0.159. The van der Waals surface area contributed by atoms with Gasteiger partial charge in [-0.2, -0.15) is 0 Å². The quantitative estimate of drug-likeness (QED) is 0.707. The molecule has 3 rings (SSSR count). The molecular formula is C14H17NO. The minimum absolute atomic E-state index is 0.159. The number of fused-ring (bicyclic) bond motifs is 2. The van der Waals surface area contributed by atoms with Crippen LogP contribution in [0.25, 0.3) is 0 Å². The van der Waals surface area contributed by atoms with Crippen LogP contribution in [0.15, 0.2) is 24.3 Å². The van der Waals surface area contributed by atoms with Gasteiger partial charge in [-0.3, -0.25) is 4.79 Å². The first kappa shape index (κ1) is 9.88. The normalized spacial score (nSPS) is 27.4. The number of carbonyl (C=O) groups excluding carboxylic acids is 1. The second-order valence-corrected chi connectivity index (χ2v) is 5.09. The summed E-state index contributed by atoms with van der Waals surface area (Å²) < 4.78 is 0. The van der Waals surface area contributed by atoms with Crippen LogP contribution in [0.3, 0.4) is 0 Å². The summed E-state index contributed by atoms with van der Waals surface area (Å²) in [7, 11) is 0. The zero-order chi connectivity index (χ0) is 11.1. The molecule has 1 saturated carbocycles. The van der Waals surface area contributed by atoms with Gasteiger partial charge in [-0.25, -0.2) is 0 Å². The lowest BCUT2D eigenvalue weighted by atomic mass is 10.1. The van der Waals surface area contributed by atoms with Gasteiger partial charge < -0.3 is 4.90 Å². The van der Waals surface area contributed by atoms with Crippen molar-refractivity contribution in [2.75, 3.05) is 11.4 Å². The molecule has 2 atom stereocenters. The van der Waals surface area contributed by atoms with Crippen LogP contribution in [0.1, 0.15) is 36.5 Å². The van der Waals surface area contributed by atoms with Crippen LogP contribution in [0, 0.1) is 5.92 Å². The Morgan fingerprint density at radius 2 is 2.25 bits per heavy atom. The first-order chi connectivity index (χ1) is 7.74. The Kier molecular flexibility index (Phi) is 2.23. The summed E-state index contributed by atoms with van der Waals surface area (Å²) in [6.07, 6.45) is 4.08. The second kappa shape index (κ2) is 3.62. The van der Waals surface area contributed by atoms with Crippen molar-refractivity contribution in [3.8, 4) is 0 Å². The zero-order valence-electron chi connectivity index (χ0n) is 9.65. The van der Waals surface area contributed by atoms with Gasteiger partial charge in [-0.15, -0.1) is 0 Å². The number of carbonyl (C=O) groups is 1. The smallest absolute Gasteiger partial charge is 0.159 e. The second-order valence-electron chi connectivity index (χ2n) is 5.09. The molecule has 1 saturated heterocycles. The lowest BCUT2D eigenvalue weighted by molar-refractivity contribution is 0.101. The fourth-order valence-electron chi connectivity index (χ4n) is 3.14. The molecule has 2 fully saturated rings. The minimum Gasteiger partial charge on any atom is -0.368 e. The monoisotopic (exact) mass is 215 g/mol. The van der Waals surface area contributed by atoms with Crippen molar-refractivity contribution < 1.29 is 4.79 Å². The van der Waals surface area contributed by atoms with E-state index in [-0.39, 0.29) is 5.78 Å². The molecular weight excluding hydrogens is 198 g/mol. The maximum absolute atomic E-state index is 11.4. The van der Waals surface area contributed by atoms with Crippen molar-refractivity contribution in [2.45, 2.75) is 32.2 Å². The Bertz CT molecular complexity index is 426. The third-order valence-corrected chi connectivity index (χ3v) is 3.99. The molecule has 1 aromatic rings. The molecule has 1 aliphatic heterocycles. The Morgan fingerprint density at radius 3 is 2.88 bits per heavy atom. The number of hydrogen-bond acceptors (Lipinski definition) is 2. The number of Topliss-reactive ketones (excluding diaryl/α,β-unsaturated/α-hetero) is 1. The van der Waals surface area contributed by atoms with Crippen molar-refractivity contribution in [3.63, 3.8) is 0 Å². The third-order valence-electron chi connectivity index (χ3n) is 3.99. The highest BCUT2D eigenvalue weighted by atomic mass is 16.1. The van der Waals surface area contributed by atoms with E-state index in [9.17, 15) is 4.79 Å². The highest BCUT2D eigenvalue weighted by Gasteiger charge is 2.37. The number of piperidine rings is 1. The van der Waals surface area contributed by atoms with Gasteiger partial charge in [0, 0.05) is 23.8 Å². The molecule has 0 aromatic heterocycles. The van der Waals surface area contributed by atoms with Crippen molar-refractivity contribution in [2.24, 2.45) is 5.92 Å². The predicted octanol–water partition coefficient (Wildman–Crippen LogP) is 2.88. The number of rotatable bonds is 2.